The summed E-state index contributed by atoms with van der Waals surface area (Å²) < 4.78 is 4.93. The second-order valence-corrected chi connectivity index (χ2v) is 3.21. The molecule has 78 valence electrons. The first-order chi connectivity index (χ1) is 7.31. The Labute approximate surface area is 88.0 Å². The summed E-state index contributed by atoms with van der Waals surface area (Å²) in [6.45, 7) is 2.70. The van der Waals surface area contributed by atoms with Gasteiger partial charge in [0.2, 0.25) is 0 Å². The minimum absolute atomic E-state index is 0.264. The summed E-state index contributed by atoms with van der Waals surface area (Å²) in [6, 6.07) is 1.88. The average molecular weight is 204 g/mol. The Hall–Kier alpha value is -1.84. The van der Waals surface area contributed by atoms with Crippen molar-refractivity contribution in [1.82, 2.24) is 4.98 Å². The third-order valence-corrected chi connectivity index (χ3v) is 2.19. The number of hydrogen-bond acceptors (Lipinski definition) is 4. The van der Waals surface area contributed by atoms with Crippen LogP contribution in [-0.2, 0) is 9.53 Å². The van der Waals surface area contributed by atoms with E-state index < -0.39 is 0 Å². The monoisotopic (exact) mass is 204 g/mol. The predicted molar refractivity (Wildman–Crippen MR) is 57.3 cm³/mol. The smallest absolute Gasteiger partial charge is 0.335 e. The van der Waals surface area contributed by atoms with Crippen LogP contribution >= 0.6 is 0 Å². The van der Waals surface area contributed by atoms with E-state index >= 15 is 0 Å². The van der Waals surface area contributed by atoms with E-state index in [1.54, 1.807) is 19.3 Å². The maximum atomic E-state index is 11.5. The highest BCUT2D eigenvalue weighted by atomic mass is 16.5. The van der Waals surface area contributed by atoms with Crippen LogP contribution in [0.3, 0.4) is 0 Å². The van der Waals surface area contributed by atoms with Gasteiger partial charge in [-0.3, -0.25) is 4.98 Å². The van der Waals surface area contributed by atoms with Gasteiger partial charge in [-0.05, 0) is 19.1 Å². The number of nitrogens with one attached hydrogen (secondary N) is 1. The van der Waals surface area contributed by atoms with Gasteiger partial charge in [0.25, 0.3) is 0 Å². The number of fused-ring (bicyclic) bond motifs is 1. The van der Waals surface area contributed by atoms with Gasteiger partial charge in [0.1, 0.15) is 0 Å². The minimum atomic E-state index is -0.264. The third-order valence-electron chi connectivity index (χ3n) is 2.19. The fraction of sp³-hybridized carbons (Fsp3) is 0.273. The summed E-state index contributed by atoms with van der Waals surface area (Å²) in [4.78, 5) is 15.5. The summed E-state index contributed by atoms with van der Waals surface area (Å²) in [7, 11) is 0. The second kappa shape index (κ2) is 4.13. The molecule has 1 aliphatic heterocycles. The van der Waals surface area contributed by atoms with Crippen LogP contribution in [0.4, 0.5) is 5.69 Å². The molecule has 0 saturated carbocycles. The zero-order valence-corrected chi connectivity index (χ0v) is 8.49. The van der Waals surface area contributed by atoms with Crippen LogP contribution in [0.1, 0.15) is 12.5 Å². The number of hydrogen-bond donors (Lipinski definition) is 1. The number of esters is 1. The molecule has 0 fully saturated rings. The number of carbonyl (C=O) groups excluding carboxylic acids is 1. The van der Waals surface area contributed by atoms with Crippen LogP contribution in [0.5, 0.6) is 0 Å². The van der Waals surface area contributed by atoms with E-state index in [9.17, 15) is 4.79 Å². The molecule has 2 heterocycles. The maximum absolute atomic E-state index is 11.5. The van der Waals surface area contributed by atoms with Crippen LogP contribution < -0.4 is 5.32 Å². The van der Waals surface area contributed by atoms with Crippen LogP contribution in [-0.4, -0.2) is 24.1 Å². The molecular weight excluding hydrogens is 192 g/mol. The molecule has 1 N–H and O–H groups in total. The fourth-order valence-electron chi connectivity index (χ4n) is 1.47. The number of aromatic nitrogens is 1. The van der Waals surface area contributed by atoms with Crippen molar-refractivity contribution in [3.63, 3.8) is 0 Å². The zero-order valence-electron chi connectivity index (χ0n) is 8.49. The largest absolute Gasteiger partial charge is 0.463 e. The summed E-state index contributed by atoms with van der Waals surface area (Å²) in [5, 5.41) is 3.14. The molecule has 0 spiro atoms. The van der Waals surface area contributed by atoms with E-state index in [-0.39, 0.29) is 5.97 Å². The van der Waals surface area contributed by atoms with Gasteiger partial charge in [-0.1, -0.05) is 0 Å². The van der Waals surface area contributed by atoms with Crippen molar-refractivity contribution >= 4 is 17.7 Å². The molecule has 2 rings (SSSR count). The van der Waals surface area contributed by atoms with E-state index in [1.165, 1.54) is 0 Å². The van der Waals surface area contributed by atoms with Crippen molar-refractivity contribution in [2.24, 2.45) is 0 Å². The quantitative estimate of drug-likeness (QED) is 0.741. The number of anilines is 1. The van der Waals surface area contributed by atoms with Gasteiger partial charge in [-0.25, -0.2) is 4.79 Å². The zero-order chi connectivity index (χ0) is 10.7. The molecule has 0 radical (unpaired) electrons. The van der Waals surface area contributed by atoms with Crippen LogP contribution in [0, 0.1) is 0 Å². The number of pyridine rings is 1. The molecule has 0 atom stereocenters. The molecule has 0 saturated heterocycles. The topological polar surface area (TPSA) is 51.2 Å². The first-order valence-corrected chi connectivity index (χ1v) is 4.87. The lowest BCUT2D eigenvalue weighted by Crippen LogP contribution is -2.19. The molecular formula is C11H12N2O2. The van der Waals surface area contributed by atoms with Crippen LogP contribution in [0.15, 0.2) is 24.0 Å². The number of carbonyl (C=O) groups is 1. The summed E-state index contributed by atoms with van der Waals surface area (Å²) in [6.07, 6.45) is 5.26. The average Bonchev–Trinajstić information content (AvgIpc) is 2.29. The van der Waals surface area contributed by atoms with Gasteiger partial charge in [-0.15, -0.1) is 0 Å². The number of rotatable bonds is 2. The summed E-state index contributed by atoms with van der Waals surface area (Å²) >= 11 is 0. The summed E-state index contributed by atoms with van der Waals surface area (Å²) in [5.41, 5.74) is 2.56. The number of ether oxygens (including phenoxy) is 1. The third kappa shape index (κ3) is 1.98. The Morgan fingerprint density at radius 2 is 2.53 bits per heavy atom. The first kappa shape index (κ1) is 9.71. The van der Waals surface area contributed by atoms with Gasteiger partial charge in [-0.2, -0.15) is 0 Å². The Morgan fingerprint density at radius 1 is 1.67 bits per heavy atom. The molecule has 4 nitrogen and oxygen atoms in total. The molecule has 0 aliphatic carbocycles. The van der Waals surface area contributed by atoms with Crippen molar-refractivity contribution in [2.45, 2.75) is 6.92 Å². The highest BCUT2D eigenvalue weighted by molar-refractivity contribution is 5.97. The molecule has 1 aromatic rings. The lowest BCUT2D eigenvalue weighted by Gasteiger charge is -2.16. The molecule has 0 amide bonds. The van der Waals surface area contributed by atoms with Crippen molar-refractivity contribution in [1.29, 1.82) is 0 Å². The van der Waals surface area contributed by atoms with Gasteiger partial charge in [0.05, 0.1) is 12.2 Å². The van der Waals surface area contributed by atoms with E-state index in [4.69, 9.17) is 4.74 Å². The Kier molecular flexibility index (Phi) is 2.67. The lowest BCUT2D eigenvalue weighted by atomic mass is 10.1. The lowest BCUT2D eigenvalue weighted by molar-refractivity contribution is -0.138. The Morgan fingerprint density at radius 3 is 3.33 bits per heavy atom. The van der Waals surface area contributed by atoms with Crippen LogP contribution in [0.25, 0.3) is 6.08 Å². The van der Waals surface area contributed by atoms with E-state index in [1.807, 2.05) is 12.1 Å². The standard InChI is InChI=1S/C11H12N2O2/c1-2-15-11(14)9-5-8-6-12-4-3-10(8)13-7-9/h3-6,13H,2,7H2,1H3. The van der Waals surface area contributed by atoms with Gasteiger partial charge < -0.3 is 10.1 Å². The molecule has 1 aliphatic rings. The van der Waals surface area contributed by atoms with Crippen molar-refractivity contribution in [3.8, 4) is 0 Å². The summed E-state index contributed by atoms with van der Waals surface area (Å²) in [5.74, 6) is -0.264. The van der Waals surface area contributed by atoms with Crippen molar-refractivity contribution in [2.75, 3.05) is 18.5 Å². The Balaban J connectivity index is 2.25. The van der Waals surface area contributed by atoms with E-state index in [0.29, 0.717) is 18.7 Å². The van der Waals surface area contributed by atoms with Crippen LogP contribution in [0.2, 0.25) is 0 Å². The molecule has 0 unspecified atom stereocenters. The first-order valence-electron chi connectivity index (χ1n) is 4.87. The second-order valence-electron chi connectivity index (χ2n) is 3.21. The molecule has 0 aromatic carbocycles. The molecule has 1 aromatic heterocycles. The molecule has 4 heteroatoms. The predicted octanol–water partition coefficient (Wildman–Crippen LogP) is 1.45. The van der Waals surface area contributed by atoms with Crippen molar-refractivity contribution in [3.05, 3.63) is 29.6 Å². The van der Waals surface area contributed by atoms with Gasteiger partial charge in [0, 0.05) is 30.2 Å². The van der Waals surface area contributed by atoms with Gasteiger partial charge in [0.15, 0.2) is 0 Å². The maximum Gasteiger partial charge on any atom is 0.335 e. The number of nitrogens with zero attached hydrogens (tertiary/aromatic N) is 1. The normalized spacial score (nSPS) is 13.5. The molecule has 0 bridgehead atoms. The highest BCUT2D eigenvalue weighted by Gasteiger charge is 2.15. The van der Waals surface area contributed by atoms with E-state index in [2.05, 4.69) is 10.3 Å². The fourth-order valence-corrected chi connectivity index (χ4v) is 1.47. The Bertz CT molecular complexity index is 413. The van der Waals surface area contributed by atoms with Gasteiger partial charge >= 0.3 is 5.97 Å². The van der Waals surface area contributed by atoms with Crippen molar-refractivity contribution < 1.29 is 9.53 Å². The SMILES string of the molecule is CCOC(=O)C1=Cc2cnccc2NC1. The van der Waals surface area contributed by atoms with E-state index in [0.717, 1.165) is 11.3 Å². The minimum Gasteiger partial charge on any atom is -0.463 e. The highest BCUT2D eigenvalue weighted by Crippen LogP contribution is 2.22. The molecule has 15 heavy (non-hydrogen) atoms.